The molecule has 1 unspecified atom stereocenters. The van der Waals surface area contributed by atoms with Crippen molar-refractivity contribution in [3.63, 3.8) is 0 Å². The van der Waals surface area contributed by atoms with Gasteiger partial charge in [0.05, 0.1) is 7.11 Å². The third-order valence-electron chi connectivity index (χ3n) is 2.35. The van der Waals surface area contributed by atoms with E-state index in [4.69, 9.17) is 15.9 Å². The summed E-state index contributed by atoms with van der Waals surface area (Å²) >= 11 is 0. The van der Waals surface area contributed by atoms with Gasteiger partial charge in [-0.25, -0.2) is 0 Å². The lowest BCUT2D eigenvalue weighted by Crippen LogP contribution is -2.29. The number of hydrogen-bond donors (Lipinski definition) is 1. The summed E-state index contributed by atoms with van der Waals surface area (Å²) in [5, 5.41) is 3.28. The van der Waals surface area contributed by atoms with Crippen molar-refractivity contribution in [3.05, 3.63) is 24.3 Å². The summed E-state index contributed by atoms with van der Waals surface area (Å²) in [5.41, 5.74) is 0. The fourth-order valence-electron chi connectivity index (χ4n) is 1.45. The molecule has 0 fully saturated rings. The normalized spacial score (nSPS) is 11.6. The topological polar surface area (TPSA) is 30.5 Å². The molecule has 92 valence electrons. The Hall–Kier alpha value is -1.66. The highest BCUT2D eigenvalue weighted by Gasteiger charge is 2.02. The molecule has 0 amide bonds. The number of hydrogen-bond acceptors (Lipinski definition) is 3. The fraction of sp³-hybridized carbons (Fsp3) is 0.429. The van der Waals surface area contributed by atoms with Crippen LogP contribution in [-0.4, -0.2) is 26.3 Å². The van der Waals surface area contributed by atoms with Gasteiger partial charge in [0, 0.05) is 19.0 Å². The van der Waals surface area contributed by atoms with Crippen LogP contribution >= 0.6 is 0 Å². The zero-order valence-electron chi connectivity index (χ0n) is 10.4. The first kappa shape index (κ1) is 13.4. The van der Waals surface area contributed by atoms with Gasteiger partial charge in [0.25, 0.3) is 0 Å². The number of terminal acetylenes is 1. The Bertz CT molecular complexity index is 371. The Morgan fingerprint density at radius 1 is 1.35 bits per heavy atom. The van der Waals surface area contributed by atoms with Crippen LogP contribution in [0, 0.1) is 12.3 Å². The molecule has 0 saturated heterocycles. The Morgan fingerprint density at radius 3 is 2.71 bits per heavy atom. The Labute approximate surface area is 103 Å². The molecule has 0 radical (unpaired) electrons. The van der Waals surface area contributed by atoms with Crippen molar-refractivity contribution < 1.29 is 9.47 Å². The van der Waals surface area contributed by atoms with Gasteiger partial charge >= 0.3 is 0 Å². The number of methoxy groups -OCH3 is 1. The van der Waals surface area contributed by atoms with Gasteiger partial charge in [-0.3, -0.25) is 0 Å². The molecule has 3 nitrogen and oxygen atoms in total. The van der Waals surface area contributed by atoms with Crippen molar-refractivity contribution in [1.29, 1.82) is 0 Å². The van der Waals surface area contributed by atoms with E-state index in [1.54, 1.807) is 7.11 Å². The lowest BCUT2D eigenvalue weighted by atomic mass is 10.2. The van der Waals surface area contributed by atoms with E-state index in [2.05, 4.69) is 18.2 Å². The number of nitrogens with one attached hydrogen (secondary N) is 1. The molecule has 1 aromatic rings. The first-order valence-corrected chi connectivity index (χ1v) is 5.70. The molecule has 0 aliphatic carbocycles. The molecule has 1 aromatic carbocycles. The van der Waals surface area contributed by atoms with E-state index in [-0.39, 0.29) is 0 Å². The largest absolute Gasteiger partial charge is 0.493 e. The van der Waals surface area contributed by atoms with Gasteiger partial charge in [-0.05, 0) is 19.1 Å². The number of para-hydroxylation sites is 2. The Morgan fingerprint density at radius 2 is 2.06 bits per heavy atom. The summed E-state index contributed by atoms with van der Waals surface area (Å²) in [7, 11) is 1.63. The van der Waals surface area contributed by atoms with Gasteiger partial charge in [0.15, 0.2) is 11.5 Å². The highest BCUT2D eigenvalue weighted by molar-refractivity contribution is 5.39. The van der Waals surface area contributed by atoms with E-state index >= 15 is 0 Å². The molecule has 17 heavy (non-hydrogen) atoms. The first-order chi connectivity index (χ1) is 8.27. The molecule has 1 atom stereocenters. The molecular weight excluding hydrogens is 214 g/mol. The zero-order chi connectivity index (χ0) is 12.5. The fourth-order valence-corrected chi connectivity index (χ4v) is 1.45. The van der Waals surface area contributed by atoms with Crippen molar-refractivity contribution in [3.8, 4) is 23.8 Å². The number of rotatable bonds is 7. The summed E-state index contributed by atoms with van der Waals surface area (Å²) in [6, 6.07) is 7.93. The highest BCUT2D eigenvalue weighted by Crippen LogP contribution is 2.25. The second-order valence-corrected chi connectivity index (χ2v) is 3.76. The van der Waals surface area contributed by atoms with Crippen LogP contribution in [-0.2, 0) is 0 Å². The molecular formula is C14H19NO2. The molecule has 1 rings (SSSR count). The van der Waals surface area contributed by atoms with E-state index in [1.165, 1.54) is 0 Å². The van der Waals surface area contributed by atoms with E-state index in [0.29, 0.717) is 12.6 Å². The maximum absolute atomic E-state index is 5.62. The lowest BCUT2D eigenvalue weighted by molar-refractivity contribution is 0.287. The van der Waals surface area contributed by atoms with Gasteiger partial charge < -0.3 is 14.8 Å². The van der Waals surface area contributed by atoms with Crippen LogP contribution < -0.4 is 14.8 Å². The molecule has 3 heteroatoms. The quantitative estimate of drug-likeness (QED) is 0.577. The van der Waals surface area contributed by atoms with Crippen molar-refractivity contribution in [2.75, 3.05) is 20.3 Å². The molecule has 1 N–H and O–H groups in total. The molecule has 0 bridgehead atoms. The average molecular weight is 233 g/mol. The minimum absolute atomic E-state index is 0.321. The van der Waals surface area contributed by atoms with Crippen molar-refractivity contribution in [2.24, 2.45) is 0 Å². The van der Waals surface area contributed by atoms with E-state index in [9.17, 15) is 0 Å². The third-order valence-corrected chi connectivity index (χ3v) is 2.35. The predicted molar refractivity (Wildman–Crippen MR) is 69.4 cm³/mol. The predicted octanol–water partition coefficient (Wildman–Crippen LogP) is 2.08. The summed E-state index contributed by atoms with van der Waals surface area (Å²) in [4.78, 5) is 0. The van der Waals surface area contributed by atoms with Crippen LogP contribution in [0.25, 0.3) is 0 Å². The van der Waals surface area contributed by atoms with Crippen molar-refractivity contribution in [1.82, 2.24) is 5.32 Å². The van der Waals surface area contributed by atoms with Crippen LogP contribution in [0.15, 0.2) is 24.3 Å². The standard InChI is InChI=1S/C14H19NO2/c1-4-7-12(2)15-10-11-17-14-9-6-5-8-13(14)16-3/h1,5-6,8-9,12,15H,7,10-11H2,2-3H3. The second kappa shape index (κ2) is 7.59. The molecule has 0 aliphatic heterocycles. The van der Waals surface area contributed by atoms with E-state index in [0.717, 1.165) is 24.5 Å². The first-order valence-electron chi connectivity index (χ1n) is 5.70. The monoisotopic (exact) mass is 233 g/mol. The van der Waals surface area contributed by atoms with Gasteiger partial charge in [0.2, 0.25) is 0 Å². The second-order valence-electron chi connectivity index (χ2n) is 3.76. The molecule has 0 saturated carbocycles. The van der Waals surface area contributed by atoms with Crippen LogP contribution in [0.3, 0.4) is 0 Å². The minimum atomic E-state index is 0.321. The average Bonchev–Trinajstić information content (AvgIpc) is 2.35. The van der Waals surface area contributed by atoms with Crippen molar-refractivity contribution in [2.45, 2.75) is 19.4 Å². The van der Waals surface area contributed by atoms with Gasteiger partial charge in [-0.1, -0.05) is 12.1 Å². The van der Waals surface area contributed by atoms with Crippen LogP contribution in [0.2, 0.25) is 0 Å². The molecule has 0 spiro atoms. The maximum atomic E-state index is 5.62. The van der Waals surface area contributed by atoms with Gasteiger partial charge in [0.1, 0.15) is 6.61 Å². The molecule has 0 aliphatic rings. The summed E-state index contributed by atoms with van der Waals surface area (Å²) in [6.07, 6.45) is 5.96. The van der Waals surface area contributed by atoms with Crippen LogP contribution in [0.5, 0.6) is 11.5 Å². The van der Waals surface area contributed by atoms with Crippen LogP contribution in [0.1, 0.15) is 13.3 Å². The molecule has 0 aromatic heterocycles. The number of benzene rings is 1. The maximum Gasteiger partial charge on any atom is 0.161 e. The summed E-state index contributed by atoms with van der Waals surface area (Å²) in [5.74, 6) is 4.14. The SMILES string of the molecule is C#CCC(C)NCCOc1ccccc1OC. The molecule has 0 heterocycles. The van der Waals surface area contributed by atoms with Crippen LogP contribution in [0.4, 0.5) is 0 Å². The van der Waals surface area contributed by atoms with Gasteiger partial charge in [-0.15, -0.1) is 12.3 Å². The van der Waals surface area contributed by atoms with Gasteiger partial charge in [-0.2, -0.15) is 0 Å². The zero-order valence-corrected chi connectivity index (χ0v) is 10.4. The minimum Gasteiger partial charge on any atom is -0.493 e. The third kappa shape index (κ3) is 4.80. The van der Waals surface area contributed by atoms with E-state index < -0.39 is 0 Å². The summed E-state index contributed by atoms with van der Waals surface area (Å²) in [6.45, 7) is 3.42. The van der Waals surface area contributed by atoms with E-state index in [1.807, 2.05) is 24.3 Å². The smallest absolute Gasteiger partial charge is 0.161 e. The summed E-state index contributed by atoms with van der Waals surface area (Å²) < 4.78 is 10.8. The number of ether oxygens (including phenoxy) is 2. The lowest BCUT2D eigenvalue weighted by Gasteiger charge is -2.13. The highest BCUT2D eigenvalue weighted by atomic mass is 16.5. The Balaban J connectivity index is 2.29. The Kier molecular flexibility index (Phi) is 5.98. The van der Waals surface area contributed by atoms with Crippen molar-refractivity contribution >= 4 is 0 Å².